The smallest absolute Gasteiger partial charge is 0.123 e. The zero-order chi connectivity index (χ0) is 16.8. The van der Waals surface area contributed by atoms with E-state index >= 15 is 0 Å². The van der Waals surface area contributed by atoms with Crippen molar-refractivity contribution in [2.75, 3.05) is 32.8 Å². The van der Waals surface area contributed by atoms with E-state index in [1.165, 1.54) is 44.2 Å². The summed E-state index contributed by atoms with van der Waals surface area (Å²) in [7, 11) is 0. The van der Waals surface area contributed by atoms with Gasteiger partial charge in [0.05, 0.1) is 0 Å². The second-order valence-corrected chi connectivity index (χ2v) is 7.53. The summed E-state index contributed by atoms with van der Waals surface area (Å²) >= 11 is 0. The van der Waals surface area contributed by atoms with E-state index < -0.39 is 0 Å². The first-order chi connectivity index (χ1) is 11.7. The normalized spacial score (nSPS) is 24.3. The maximum Gasteiger partial charge on any atom is 0.123 e. The predicted molar refractivity (Wildman–Crippen MR) is 95.3 cm³/mol. The number of benzene rings is 1. The van der Waals surface area contributed by atoms with Crippen molar-refractivity contribution in [3.05, 3.63) is 35.6 Å². The summed E-state index contributed by atoms with van der Waals surface area (Å²) in [6.07, 6.45) is 7.79. The minimum atomic E-state index is -0.172. The van der Waals surface area contributed by atoms with Gasteiger partial charge in [-0.3, -0.25) is 9.80 Å². The van der Waals surface area contributed by atoms with Crippen molar-refractivity contribution < 1.29 is 9.50 Å². The number of nitrogens with zero attached hydrogens (tertiary/aromatic N) is 2. The topological polar surface area (TPSA) is 26.7 Å². The second-order valence-electron chi connectivity index (χ2n) is 7.53. The van der Waals surface area contributed by atoms with E-state index in [0.717, 1.165) is 38.5 Å². The van der Waals surface area contributed by atoms with Crippen LogP contribution in [0.5, 0.6) is 0 Å². The van der Waals surface area contributed by atoms with Gasteiger partial charge in [0, 0.05) is 45.4 Å². The molecule has 1 aromatic carbocycles. The van der Waals surface area contributed by atoms with E-state index in [4.69, 9.17) is 0 Å². The second kappa shape index (κ2) is 8.93. The number of aliphatic hydroxyl groups excluding tert-OH is 1. The molecule has 0 radical (unpaired) electrons. The van der Waals surface area contributed by atoms with Crippen LogP contribution in [0.2, 0.25) is 0 Å². The Kier molecular flexibility index (Phi) is 6.64. The van der Waals surface area contributed by atoms with Crippen LogP contribution in [0.1, 0.15) is 44.1 Å². The summed E-state index contributed by atoms with van der Waals surface area (Å²) in [5.41, 5.74) is 1.17. The van der Waals surface area contributed by atoms with Crippen LogP contribution in [0.3, 0.4) is 0 Å². The molecule has 1 aromatic rings. The highest BCUT2D eigenvalue weighted by Crippen LogP contribution is 2.26. The molecule has 0 spiro atoms. The van der Waals surface area contributed by atoms with Gasteiger partial charge in [-0.25, -0.2) is 4.39 Å². The monoisotopic (exact) mass is 334 g/mol. The Hall–Kier alpha value is -0.970. The summed E-state index contributed by atoms with van der Waals surface area (Å²) in [5, 5.41) is 9.46. The minimum absolute atomic E-state index is 0.172. The van der Waals surface area contributed by atoms with Crippen molar-refractivity contribution in [3.8, 4) is 0 Å². The molecule has 2 aliphatic rings. The predicted octanol–water partition coefficient (Wildman–Crippen LogP) is 3.27. The fourth-order valence-corrected chi connectivity index (χ4v) is 4.31. The van der Waals surface area contributed by atoms with Gasteiger partial charge in [-0.2, -0.15) is 0 Å². The van der Waals surface area contributed by atoms with Gasteiger partial charge in [-0.1, -0.05) is 31.4 Å². The zero-order valence-corrected chi connectivity index (χ0v) is 14.7. The standard InChI is InChI=1S/C20H31FN2O/c21-19-8-6-18(7-9-19)14-22-11-12-23(20(16-22)10-13-24)15-17-4-2-1-3-5-17/h6-9,17,20,24H,1-5,10-16H2. The first-order valence-corrected chi connectivity index (χ1v) is 9.56. The largest absolute Gasteiger partial charge is 0.396 e. The van der Waals surface area contributed by atoms with Crippen LogP contribution in [0.15, 0.2) is 24.3 Å². The van der Waals surface area contributed by atoms with Gasteiger partial charge in [-0.05, 0) is 42.9 Å². The van der Waals surface area contributed by atoms with E-state index in [2.05, 4.69) is 9.80 Å². The highest BCUT2D eigenvalue weighted by Gasteiger charge is 2.28. The van der Waals surface area contributed by atoms with Crippen molar-refractivity contribution in [1.82, 2.24) is 9.80 Å². The highest BCUT2D eigenvalue weighted by atomic mass is 19.1. The van der Waals surface area contributed by atoms with Crippen LogP contribution in [0.25, 0.3) is 0 Å². The third-order valence-corrected chi connectivity index (χ3v) is 5.69. The Balaban J connectivity index is 1.54. The van der Waals surface area contributed by atoms with Crippen LogP contribution in [-0.4, -0.2) is 53.7 Å². The van der Waals surface area contributed by atoms with Crippen LogP contribution in [-0.2, 0) is 6.54 Å². The van der Waals surface area contributed by atoms with Gasteiger partial charge in [0.2, 0.25) is 0 Å². The van der Waals surface area contributed by atoms with Gasteiger partial charge < -0.3 is 5.11 Å². The molecular weight excluding hydrogens is 303 g/mol. The molecule has 24 heavy (non-hydrogen) atoms. The lowest BCUT2D eigenvalue weighted by Gasteiger charge is -2.43. The number of piperazine rings is 1. The molecule has 1 saturated carbocycles. The molecule has 1 unspecified atom stereocenters. The molecular formula is C20H31FN2O. The summed E-state index contributed by atoms with van der Waals surface area (Å²) < 4.78 is 13.1. The average molecular weight is 334 g/mol. The van der Waals surface area contributed by atoms with Gasteiger partial charge >= 0.3 is 0 Å². The first kappa shape index (κ1) is 17.8. The molecule has 3 rings (SSSR count). The van der Waals surface area contributed by atoms with Gasteiger partial charge in [0.15, 0.2) is 0 Å². The Bertz CT molecular complexity index is 487. The minimum Gasteiger partial charge on any atom is -0.396 e. The molecule has 1 saturated heterocycles. The molecule has 2 fully saturated rings. The van der Waals surface area contributed by atoms with Gasteiger partial charge in [-0.15, -0.1) is 0 Å². The summed E-state index contributed by atoms with van der Waals surface area (Å²) in [5.74, 6) is 0.679. The summed E-state index contributed by atoms with van der Waals surface area (Å²) in [4.78, 5) is 5.07. The number of hydrogen-bond acceptors (Lipinski definition) is 3. The van der Waals surface area contributed by atoms with E-state index in [1.54, 1.807) is 12.1 Å². The Morgan fingerprint density at radius 3 is 2.50 bits per heavy atom. The van der Waals surface area contributed by atoms with Gasteiger partial charge in [0.25, 0.3) is 0 Å². The third-order valence-electron chi connectivity index (χ3n) is 5.69. The molecule has 1 aliphatic carbocycles. The molecule has 0 bridgehead atoms. The third kappa shape index (κ3) is 5.01. The number of halogens is 1. The number of hydrogen-bond donors (Lipinski definition) is 1. The van der Waals surface area contributed by atoms with Crippen LogP contribution < -0.4 is 0 Å². The fourth-order valence-electron chi connectivity index (χ4n) is 4.31. The Morgan fingerprint density at radius 1 is 1.04 bits per heavy atom. The van der Waals surface area contributed by atoms with Crippen molar-refractivity contribution in [2.24, 2.45) is 5.92 Å². The van der Waals surface area contributed by atoms with Crippen LogP contribution in [0, 0.1) is 11.7 Å². The molecule has 1 N–H and O–H groups in total. The summed E-state index contributed by atoms with van der Waals surface area (Å²) in [6, 6.07) is 7.29. The van der Waals surface area contributed by atoms with Crippen molar-refractivity contribution >= 4 is 0 Å². The molecule has 0 amide bonds. The quantitative estimate of drug-likeness (QED) is 0.865. The van der Waals surface area contributed by atoms with Crippen molar-refractivity contribution in [2.45, 2.75) is 51.1 Å². The fraction of sp³-hybridized carbons (Fsp3) is 0.700. The molecule has 134 valence electrons. The van der Waals surface area contributed by atoms with Crippen LogP contribution in [0.4, 0.5) is 4.39 Å². The molecule has 0 aromatic heterocycles. The maximum absolute atomic E-state index is 13.1. The first-order valence-electron chi connectivity index (χ1n) is 9.56. The zero-order valence-electron chi connectivity index (χ0n) is 14.7. The molecule has 1 atom stereocenters. The SMILES string of the molecule is OCCC1CN(Cc2ccc(F)cc2)CCN1CC1CCCCC1. The van der Waals surface area contributed by atoms with Crippen molar-refractivity contribution in [1.29, 1.82) is 0 Å². The number of aliphatic hydroxyl groups is 1. The Labute approximate surface area is 145 Å². The maximum atomic E-state index is 13.1. The lowest BCUT2D eigenvalue weighted by atomic mass is 9.88. The van der Waals surface area contributed by atoms with E-state index in [-0.39, 0.29) is 12.4 Å². The highest BCUT2D eigenvalue weighted by molar-refractivity contribution is 5.16. The van der Waals surface area contributed by atoms with E-state index in [9.17, 15) is 9.50 Å². The Morgan fingerprint density at radius 2 is 1.79 bits per heavy atom. The summed E-state index contributed by atoms with van der Waals surface area (Å²) in [6.45, 7) is 5.49. The van der Waals surface area contributed by atoms with Gasteiger partial charge in [0.1, 0.15) is 5.82 Å². The molecule has 1 aliphatic heterocycles. The average Bonchev–Trinajstić information content (AvgIpc) is 2.60. The van der Waals surface area contributed by atoms with Crippen LogP contribution >= 0.6 is 0 Å². The number of rotatable bonds is 6. The van der Waals surface area contributed by atoms with E-state index in [1.807, 2.05) is 12.1 Å². The molecule has 4 heteroatoms. The lowest BCUT2D eigenvalue weighted by Crippen LogP contribution is -2.54. The van der Waals surface area contributed by atoms with E-state index in [0.29, 0.717) is 6.04 Å². The molecule has 3 nitrogen and oxygen atoms in total. The van der Waals surface area contributed by atoms with Crippen molar-refractivity contribution in [3.63, 3.8) is 0 Å². The lowest BCUT2D eigenvalue weighted by molar-refractivity contribution is 0.0400. The molecule has 1 heterocycles.